The second kappa shape index (κ2) is 2.33. The van der Waals surface area contributed by atoms with Crippen LogP contribution in [-0.4, -0.2) is 18.0 Å². The van der Waals surface area contributed by atoms with E-state index in [0.717, 1.165) is 0 Å². The Morgan fingerprint density at radius 3 is 1.46 bits per heavy atom. The molecule has 1 saturated heterocycles. The summed E-state index contributed by atoms with van der Waals surface area (Å²) in [7, 11) is 0. The van der Waals surface area contributed by atoms with Gasteiger partial charge in [0.25, 0.3) is 0 Å². The molecule has 0 aromatic heterocycles. The highest BCUT2D eigenvalue weighted by Gasteiger charge is 2.77. The lowest BCUT2D eigenvalue weighted by Crippen LogP contribution is -2.63. The molecular formula is C6H4F6O. The predicted octanol–water partition coefficient (Wildman–Crippen LogP) is 2.78. The molecule has 0 atom stereocenters. The van der Waals surface area contributed by atoms with Gasteiger partial charge < -0.3 is 4.74 Å². The molecule has 13 heavy (non-hydrogen) atoms. The van der Waals surface area contributed by atoms with E-state index in [1.807, 2.05) is 0 Å². The van der Waals surface area contributed by atoms with Crippen LogP contribution in [0.5, 0.6) is 0 Å². The quantitative estimate of drug-likeness (QED) is 0.553. The fourth-order valence-corrected chi connectivity index (χ4v) is 0.993. The van der Waals surface area contributed by atoms with Crippen molar-refractivity contribution in [3.8, 4) is 0 Å². The molecule has 1 fully saturated rings. The molecule has 0 unspecified atom stereocenters. The van der Waals surface area contributed by atoms with Gasteiger partial charge in [0.1, 0.15) is 0 Å². The van der Waals surface area contributed by atoms with E-state index < -0.39 is 30.1 Å². The van der Waals surface area contributed by atoms with Crippen molar-refractivity contribution in [2.75, 3.05) is 0 Å². The van der Waals surface area contributed by atoms with Crippen molar-refractivity contribution in [1.82, 2.24) is 0 Å². The summed E-state index contributed by atoms with van der Waals surface area (Å²) in [5.41, 5.74) is -4.03. The molecule has 1 heterocycles. The number of alkyl halides is 6. The van der Waals surface area contributed by atoms with Gasteiger partial charge in [-0.2, -0.15) is 26.3 Å². The molecule has 0 spiro atoms. The number of rotatable bonds is 0. The smallest absolute Gasteiger partial charge is 0.437 e. The Morgan fingerprint density at radius 1 is 1.08 bits per heavy atom. The van der Waals surface area contributed by atoms with Gasteiger partial charge in [-0.15, -0.1) is 0 Å². The zero-order chi connectivity index (χ0) is 10.5. The number of hydrogen-bond acceptors (Lipinski definition) is 1. The Morgan fingerprint density at radius 2 is 1.38 bits per heavy atom. The Balaban J connectivity index is 2.99. The number of hydrogen-bond donors (Lipinski definition) is 0. The SMILES string of the molecule is C=C1CC(C(F)(F)F)(C(F)(F)F)O1. The third-order valence-corrected chi connectivity index (χ3v) is 1.68. The second-order valence-corrected chi connectivity index (χ2v) is 2.64. The van der Waals surface area contributed by atoms with Crippen molar-refractivity contribution in [2.45, 2.75) is 24.4 Å². The molecule has 1 aliphatic heterocycles. The van der Waals surface area contributed by atoms with Crippen LogP contribution >= 0.6 is 0 Å². The molecule has 0 radical (unpaired) electrons. The Hall–Kier alpha value is -0.880. The Kier molecular flexibility index (Phi) is 1.83. The van der Waals surface area contributed by atoms with Crippen LogP contribution in [0.2, 0.25) is 0 Å². The van der Waals surface area contributed by atoms with Gasteiger partial charge in [0.2, 0.25) is 0 Å². The topological polar surface area (TPSA) is 9.23 Å². The van der Waals surface area contributed by atoms with Crippen LogP contribution < -0.4 is 0 Å². The minimum atomic E-state index is -5.45. The first-order valence-corrected chi connectivity index (χ1v) is 3.10. The van der Waals surface area contributed by atoms with Crippen LogP contribution in [0.1, 0.15) is 6.42 Å². The number of ether oxygens (including phenoxy) is 1. The van der Waals surface area contributed by atoms with E-state index in [9.17, 15) is 26.3 Å². The molecule has 0 N–H and O–H groups in total. The highest BCUT2D eigenvalue weighted by molar-refractivity contribution is 5.14. The van der Waals surface area contributed by atoms with Crippen LogP contribution in [0, 0.1) is 0 Å². The highest BCUT2D eigenvalue weighted by Crippen LogP contribution is 2.55. The third kappa shape index (κ3) is 1.26. The summed E-state index contributed by atoms with van der Waals surface area (Å²) in [6.45, 7) is 2.86. The fraction of sp³-hybridized carbons (Fsp3) is 0.667. The summed E-state index contributed by atoms with van der Waals surface area (Å²) in [4.78, 5) is 0. The molecule has 1 aliphatic rings. The van der Waals surface area contributed by atoms with Crippen LogP contribution in [0.3, 0.4) is 0 Å². The molecule has 1 nitrogen and oxygen atoms in total. The van der Waals surface area contributed by atoms with E-state index in [1.165, 1.54) is 0 Å². The van der Waals surface area contributed by atoms with Crippen LogP contribution in [0.25, 0.3) is 0 Å². The first-order valence-electron chi connectivity index (χ1n) is 3.10. The van der Waals surface area contributed by atoms with Crippen molar-refractivity contribution < 1.29 is 31.1 Å². The molecule has 76 valence electrons. The summed E-state index contributed by atoms with van der Waals surface area (Å²) < 4.78 is 75.2. The van der Waals surface area contributed by atoms with Crippen LogP contribution in [-0.2, 0) is 4.74 Å². The first kappa shape index (κ1) is 10.2. The van der Waals surface area contributed by atoms with Crippen LogP contribution in [0.15, 0.2) is 12.3 Å². The van der Waals surface area contributed by atoms with Gasteiger partial charge in [0.15, 0.2) is 0 Å². The van der Waals surface area contributed by atoms with Gasteiger partial charge in [-0.25, -0.2) is 0 Å². The summed E-state index contributed by atoms with van der Waals surface area (Å²) in [5, 5.41) is 0. The van der Waals surface area contributed by atoms with Gasteiger partial charge in [-0.1, -0.05) is 6.58 Å². The average Bonchev–Trinajstić information content (AvgIpc) is 1.74. The van der Waals surface area contributed by atoms with E-state index in [2.05, 4.69) is 11.3 Å². The first-order chi connectivity index (χ1) is 5.60. The van der Waals surface area contributed by atoms with Crippen molar-refractivity contribution in [3.05, 3.63) is 12.3 Å². The lowest BCUT2D eigenvalue weighted by atomic mass is 9.91. The van der Waals surface area contributed by atoms with E-state index in [1.54, 1.807) is 0 Å². The predicted molar refractivity (Wildman–Crippen MR) is 29.7 cm³/mol. The van der Waals surface area contributed by atoms with Crippen LogP contribution in [0.4, 0.5) is 26.3 Å². The Labute approximate surface area is 69.0 Å². The van der Waals surface area contributed by atoms with Gasteiger partial charge in [0.05, 0.1) is 12.2 Å². The van der Waals surface area contributed by atoms with Gasteiger partial charge in [-0.05, 0) is 0 Å². The molecule has 0 saturated carbocycles. The van der Waals surface area contributed by atoms with Crippen molar-refractivity contribution in [3.63, 3.8) is 0 Å². The van der Waals surface area contributed by atoms with Crippen molar-refractivity contribution in [1.29, 1.82) is 0 Å². The summed E-state index contributed by atoms with van der Waals surface area (Å²) in [6.07, 6.45) is -12.2. The zero-order valence-electron chi connectivity index (χ0n) is 6.09. The molecule has 0 amide bonds. The lowest BCUT2D eigenvalue weighted by molar-refractivity contribution is -0.400. The standard InChI is InChI=1S/C6H4F6O/c1-3-2-4(13-3,5(7,8)9)6(10,11)12/h1-2H2. The van der Waals surface area contributed by atoms with E-state index in [0.29, 0.717) is 0 Å². The summed E-state index contributed by atoms with van der Waals surface area (Å²) >= 11 is 0. The monoisotopic (exact) mass is 206 g/mol. The minimum absolute atomic E-state index is 0.505. The molecule has 0 aliphatic carbocycles. The van der Waals surface area contributed by atoms with Gasteiger partial charge in [0, 0.05) is 0 Å². The molecule has 1 rings (SSSR count). The van der Waals surface area contributed by atoms with Gasteiger partial charge in [-0.3, -0.25) is 0 Å². The largest absolute Gasteiger partial charge is 0.473 e. The highest BCUT2D eigenvalue weighted by atomic mass is 19.4. The van der Waals surface area contributed by atoms with Crippen molar-refractivity contribution in [2.24, 2.45) is 0 Å². The normalized spacial score (nSPS) is 22.2. The fourth-order valence-electron chi connectivity index (χ4n) is 0.993. The molecule has 0 bridgehead atoms. The number of halogens is 6. The Bertz CT molecular complexity index is 212. The van der Waals surface area contributed by atoms with Crippen molar-refractivity contribution >= 4 is 0 Å². The lowest BCUT2D eigenvalue weighted by Gasteiger charge is -2.45. The van der Waals surface area contributed by atoms with E-state index >= 15 is 0 Å². The molecule has 0 aromatic rings. The van der Waals surface area contributed by atoms with E-state index in [4.69, 9.17) is 0 Å². The summed E-state index contributed by atoms with van der Waals surface area (Å²) in [5.74, 6) is -0.505. The molecule has 0 aromatic carbocycles. The second-order valence-electron chi connectivity index (χ2n) is 2.64. The summed E-state index contributed by atoms with van der Waals surface area (Å²) in [6, 6.07) is 0. The molecule has 7 heteroatoms. The van der Waals surface area contributed by atoms with Gasteiger partial charge >= 0.3 is 18.0 Å². The minimum Gasteiger partial charge on any atom is -0.473 e. The van der Waals surface area contributed by atoms with E-state index in [-0.39, 0.29) is 0 Å². The maximum atomic E-state index is 11.9. The zero-order valence-corrected chi connectivity index (χ0v) is 6.09. The maximum absolute atomic E-state index is 11.9. The maximum Gasteiger partial charge on any atom is 0.437 e. The molecular weight excluding hydrogens is 202 g/mol. The third-order valence-electron chi connectivity index (χ3n) is 1.68. The average molecular weight is 206 g/mol.